The molecule has 0 amide bonds. The van der Waals surface area contributed by atoms with Crippen LogP contribution in [0.2, 0.25) is 0 Å². The first-order valence-electron chi connectivity index (χ1n) is 9.15. The van der Waals surface area contributed by atoms with Crippen LogP contribution in [-0.2, 0) is 12.8 Å². The Hall–Kier alpha value is -2.34. The number of benzene rings is 1. The Morgan fingerprint density at radius 3 is 2.92 bits per heavy atom. The number of pyridine rings is 1. The second kappa shape index (κ2) is 6.43. The number of nitrogens with zero attached hydrogens (tertiary/aromatic N) is 2. The van der Waals surface area contributed by atoms with E-state index in [1.54, 1.807) is 12.6 Å². The van der Waals surface area contributed by atoms with Gasteiger partial charge in [0, 0.05) is 29.4 Å². The van der Waals surface area contributed by atoms with Gasteiger partial charge in [-0.15, -0.1) is 11.3 Å². The Bertz CT molecular complexity index is 952. The van der Waals surface area contributed by atoms with Crippen LogP contribution in [0.25, 0.3) is 10.9 Å². The number of ether oxygens (including phenoxy) is 2. The number of hydrogen-bond acceptors (Lipinski definition) is 6. The van der Waals surface area contributed by atoms with Gasteiger partial charge in [0.15, 0.2) is 11.5 Å². The fraction of sp³-hybridized carbons (Fsp3) is 0.400. The number of anilines is 1. The first-order valence-corrected chi connectivity index (χ1v) is 10.1. The van der Waals surface area contributed by atoms with Crippen molar-refractivity contribution >= 4 is 27.9 Å². The molecule has 0 bridgehead atoms. The standard InChI is InChI=1S/C20H21N3O2S/c1-24-17-7-14-16(8-18(17)25-19-10-26-11-22-19)23-15-4-2-3-13(15)20(14)21-9-12-5-6-12/h7-8,10-12H,2-6,9H2,1H3,(H,21,23). The average Bonchev–Trinajstić information content (AvgIpc) is 3.12. The zero-order valence-corrected chi connectivity index (χ0v) is 15.6. The van der Waals surface area contributed by atoms with Crippen LogP contribution in [-0.4, -0.2) is 23.6 Å². The summed E-state index contributed by atoms with van der Waals surface area (Å²) in [6, 6.07) is 4.03. The zero-order valence-electron chi connectivity index (χ0n) is 14.7. The predicted molar refractivity (Wildman–Crippen MR) is 104 cm³/mol. The molecule has 0 saturated heterocycles. The van der Waals surface area contributed by atoms with E-state index < -0.39 is 0 Å². The van der Waals surface area contributed by atoms with Crippen molar-refractivity contribution in [3.05, 3.63) is 34.3 Å². The van der Waals surface area contributed by atoms with Crippen LogP contribution in [0.5, 0.6) is 17.4 Å². The molecule has 26 heavy (non-hydrogen) atoms. The Morgan fingerprint density at radius 1 is 1.23 bits per heavy atom. The largest absolute Gasteiger partial charge is 0.493 e. The molecule has 5 nitrogen and oxygen atoms in total. The first-order chi connectivity index (χ1) is 12.8. The van der Waals surface area contributed by atoms with Crippen molar-refractivity contribution in [1.29, 1.82) is 0 Å². The number of nitrogens with one attached hydrogen (secondary N) is 1. The quantitative estimate of drug-likeness (QED) is 0.678. The van der Waals surface area contributed by atoms with Gasteiger partial charge < -0.3 is 14.8 Å². The van der Waals surface area contributed by atoms with E-state index in [2.05, 4.69) is 16.4 Å². The van der Waals surface area contributed by atoms with Crippen molar-refractivity contribution in [3.8, 4) is 17.4 Å². The molecular formula is C20H21N3O2S. The Balaban J connectivity index is 1.62. The summed E-state index contributed by atoms with van der Waals surface area (Å²) < 4.78 is 11.5. The highest BCUT2D eigenvalue weighted by Crippen LogP contribution is 2.41. The van der Waals surface area contributed by atoms with Gasteiger partial charge in [-0.25, -0.2) is 4.98 Å². The van der Waals surface area contributed by atoms with Gasteiger partial charge in [0.1, 0.15) is 0 Å². The summed E-state index contributed by atoms with van der Waals surface area (Å²) in [5.41, 5.74) is 6.56. The Morgan fingerprint density at radius 2 is 2.15 bits per heavy atom. The third-order valence-corrected chi connectivity index (χ3v) is 5.75. The topological polar surface area (TPSA) is 56.3 Å². The van der Waals surface area contributed by atoms with Crippen LogP contribution < -0.4 is 14.8 Å². The van der Waals surface area contributed by atoms with E-state index in [1.807, 2.05) is 11.4 Å². The third-order valence-electron chi connectivity index (χ3n) is 5.19. The Labute approximate surface area is 156 Å². The fourth-order valence-electron chi connectivity index (χ4n) is 3.64. The highest BCUT2D eigenvalue weighted by atomic mass is 32.1. The molecule has 3 aromatic rings. The van der Waals surface area contributed by atoms with Crippen molar-refractivity contribution < 1.29 is 9.47 Å². The van der Waals surface area contributed by atoms with Crippen LogP contribution in [0.4, 0.5) is 5.69 Å². The second-order valence-corrected chi connectivity index (χ2v) is 7.76. The molecule has 134 valence electrons. The van der Waals surface area contributed by atoms with Crippen LogP contribution in [0, 0.1) is 5.92 Å². The van der Waals surface area contributed by atoms with Gasteiger partial charge in [0.25, 0.3) is 0 Å². The molecule has 0 unspecified atom stereocenters. The predicted octanol–water partition coefficient (Wildman–Crippen LogP) is 4.80. The molecule has 2 aliphatic rings. The van der Waals surface area contributed by atoms with E-state index >= 15 is 0 Å². The molecule has 0 spiro atoms. The van der Waals surface area contributed by atoms with Crippen molar-refractivity contribution in [2.45, 2.75) is 32.1 Å². The van der Waals surface area contributed by atoms with Gasteiger partial charge in [0.05, 0.1) is 23.5 Å². The normalized spacial score (nSPS) is 15.9. The smallest absolute Gasteiger partial charge is 0.230 e. The number of rotatable bonds is 6. The lowest BCUT2D eigenvalue weighted by Crippen LogP contribution is -2.07. The lowest BCUT2D eigenvalue weighted by atomic mass is 10.1. The number of aromatic nitrogens is 2. The maximum atomic E-state index is 5.93. The molecule has 2 aliphatic carbocycles. The SMILES string of the molecule is COc1cc2c(NCC3CC3)c3c(nc2cc1Oc1cscn1)CCC3. The minimum atomic E-state index is 0.584. The second-order valence-electron chi connectivity index (χ2n) is 7.04. The van der Waals surface area contributed by atoms with Gasteiger partial charge in [-0.2, -0.15) is 0 Å². The Kier molecular flexibility index (Phi) is 3.93. The summed E-state index contributed by atoms with van der Waals surface area (Å²) in [7, 11) is 1.67. The average molecular weight is 367 g/mol. The molecule has 1 N–H and O–H groups in total. The third kappa shape index (κ3) is 2.88. The molecule has 0 radical (unpaired) electrons. The zero-order chi connectivity index (χ0) is 17.5. The van der Waals surface area contributed by atoms with Crippen molar-refractivity contribution in [1.82, 2.24) is 9.97 Å². The lowest BCUT2D eigenvalue weighted by molar-refractivity contribution is 0.376. The van der Waals surface area contributed by atoms with E-state index in [0.29, 0.717) is 17.4 Å². The molecule has 6 heteroatoms. The molecule has 0 atom stereocenters. The minimum Gasteiger partial charge on any atom is -0.493 e. The van der Waals surface area contributed by atoms with Crippen LogP contribution in [0.15, 0.2) is 23.0 Å². The first kappa shape index (κ1) is 15.9. The number of methoxy groups -OCH3 is 1. The van der Waals surface area contributed by atoms with Gasteiger partial charge in [-0.3, -0.25) is 4.98 Å². The van der Waals surface area contributed by atoms with E-state index in [-0.39, 0.29) is 0 Å². The number of thiazole rings is 1. The molecule has 5 rings (SSSR count). The number of aryl methyl sites for hydroxylation is 1. The highest BCUT2D eigenvalue weighted by Gasteiger charge is 2.25. The van der Waals surface area contributed by atoms with Crippen LogP contribution >= 0.6 is 11.3 Å². The van der Waals surface area contributed by atoms with E-state index in [1.165, 1.54) is 47.5 Å². The van der Waals surface area contributed by atoms with E-state index in [4.69, 9.17) is 14.5 Å². The number of fused-ring (bicyclic) bond motifs is 2. The van der Waals surface area contributed by atoms with Crippen molar-refractivity contribution in [3.63, 3.8) is 0 Å². The van der Waals surface area contributed by atoms with Crippen molar-refractivity contribution in [2.24, 2.45) is 5.92 Å². The molecule has 0 aliphatic heterocycles. The summed E-state index contributed by atoms with van der Waals surface area (Å²) in [5.74, 6) is 2.77. The highest BCUT2D eigenvalue weighted by molar-refractivity contribution is 7.07. The molecule has 2 heterocycles. The minimum absolute atomic E-state index is 0.584. The maximum absolute atomic E-state index is 5.93. The van der Waals surface area contributed by atoms with Gasteiger partial charge >= 0.3 is 0 Å². The molecule has 1 fully saturated rings. The number of hydrogen-bond donors (Lipinski definition) is 1. The molecule has 1 aromatic carbocycles. The summed E-state index contributed by atoms with van der Waals surface area (Å²) in [6.07, 6.45) is 6.01. The van der Waals surface area contributed by atoms with Crippen LogP contribution in [0.3, 0.4) is 0 Å². The van der Waals surface area contributed by atoms with Gasteiger partial charge in [0.2, 0.25) is 5.88 Å². The maximum Gasteiger partial charge on any atom is 0.230 e. The van der Waals surface area contributed by atoms with Crippen molar-refractivity contribution in [2.75, 3.05) is 19.0 Å². The molecular weight excluding hydrogens is 346 g/mol. The lowest BCUT2D eigenvalue weighted by Gasteiger charge is -2.17. The van der Waals surface area contributed by atoms with Crippen LogP contribution in [0.1, 0.15) is 30.5 Å². The fourth-order valence-corrected chi connectivity index (χ4v) is 4.10. The summed E-state index contributed by atoms with van der Waals surface area (Å²) in [6.45, 7) is 1.05. The van der Waals surface area contributed by atoms with Gasteiger partial charge in [-0.1, -0.05) is 0 Å². The summed E-state index contributed by atoms with van der Waals surface area (Å²) in [5, 5.41) is 6.72. The monoisotopic (exact) mass is 367 g/mol. The van der Waals surface area contributed by atoms with E-state index in [0.717, 1.165) is 36.2 Å². The summed E-state index contributed by atoms with van der Waals surface area (Å²) >= 11 is 1.51. The van der Waals surface area contributed by atoms with E-state index in [9.17, 15) is 0 Å². The summed E-state index contributed by atoms with van der Waals surface area (Å²) in [4.78, 5) is 9.14. The molecule has 2 aromatic heterocycles. The molecule has 1 saturated carbocycles. The van der Waals surface area contributed by atoms with Gasteiger partial charge in [-0.05, 0) is 49.7 Å².